The van der Waals surface area contributed by atoms with Gasteiger partial charge in [0.2, 0.25) is 5.79 Å². The van der Waals surface area contributed by atoms with Crippen LogP contribution in [0.15, 0.2) is 36.0 Å². The highest BCUT2D eigenvalue weighted by Crippen LogP contribution is 2.38. The fraction of sp³-hybridized carbons (Fsp3) is 0.767. The zero-order chi connectivity index (χ0) is 41.3. The van der Waals surface area contributed by atoms with E-state index in [0.717, 1.165) is 4.90 Å². The van der Waals surface area contributed by atoms with E-state index in [-0.39, 0.29) is 74.9 Å². The van der Waals surface area contributed by atoms with Gasteiger partial charge in [0.1, 0.15) is 12.1 Å². The summed E-state index contributed by atoms with van der Waals surface area (Å²) in [4.78, 5) is 57.2. The number of allylic oxidation sites excluding steroid dienone is 4. The molecule has 1 aliphatic carbocycles. The maximum Gasteiger partial charge on any atom is 0.329 e. The predicted octanol–water partition coefficient (Wildman–Crippen LogP) is 3.58. The third kappa shape index (κ3) is 11.2. The quantitative estimate of drug-likeness (QED) is 0.143. The van der Waals surface area contributed by atoms with E-state index in [1.54, 1.807) is 19.9 Å². The first-order valence-electron chi connectivity index (χ1n) is 20.7. The van der Waals surface area contributed by atoms with Crippen molar-refractivity contribution < 1.29 is 58.9 Å². The van der Waals surface area contributed by atoms with Gasteiger partial charge < -0.3 is 44.6 Å². The van der Waals surface area contributed by atoms with E-state index in [4.69, 9.17) is 14.2 Å². The molecule has 1 amide bonds. The Morgan fingerprint density at radius 1 is 0.982 bits per heavy atom. The second kappa shape index (κ2) is 20.8. The van der Waals surface area contributed by atoms with E-state index >= 15 is 0 Å². The molecule has 3 fully saturated rings. The number of esters is 1. The minimum Gasteiger partial charge on any atom is -0.456 e. The van der Waals surface area contributed by atoms with E-state index in [1.807, 2.05) is 26.0 Å². The van der Waals surface area contributed by atoms with Crippen LogP contribution >= 0.6 is 0 Å². The van der Waals surface area contributed by atoms with Gasteiger partial charge in [-0.15, -0.1) is 6.58 Å². The summed E-state index contributed by atoms with van der Waals surface area (Å²) in [6.07, 6.45) is 5.08. The summed E-state index contributed by atoms with van der Waals surface area (Å²) in [7, 11) is 1.49. The molecule has 0 spiro atoms. The number of methoxy groups -OCH3 is 1. The minimum absolute atomic E-state index is 0.00850. The number of carbonyl (C=O) groups is 4. The average Bonchev–Trinajstić information content (AvgIpc) is 3.18. The lowest BCUT2D eigenvalue weighted by atomic mass is 9.78. The predicted molar refractivity (Wildman–Crippen MR) is 208 cm³/mol. The first-order chi connectivity index (χ1) is 26.6. The van der Waals surface area contributed by atoms with Gasteiger partial charge in [0.05, 0.1) is 24.4 Å². The van der Waals surface area contributed by atoms with Crippen LogP contribution in [0.4, 0.5) is 0 Å². The minimum atomic E-state index is -2.51. The summed E-state index contributed by atoms with van der Waals surface area (Å²) in [6.45, 7) is 11.0. The van der Waals surface area contributed by atoms with Gasteiger partial charge in [-0.05, 0) is 100 Å². The number of ether oxygens (including phenoxy) is 3. The molecule has 13 heteroatoms. The summed E-state index contributed by atoms with van der Waals surface area (Å²) in [5.41, 5.74) is 1.12. The van der Waals surface area contributed by atoms with Crippen LogP contribution in [0.5, 0.6) is 0 Å². The molecule has 13 atom stereocenters. The summed E-state index contributed by atoms with van der Waals surface area (Å²) in [6, 6.07) is -1.16. The number of ketones is 2. The maximum absolute atomic E-state index is 14.2. The van der Waals surface area contributed by atoms with E-state index in [2.05, 4.69) is 6.58 Å². The van der Waals surface area contributed by atoms with Crippen LogP contribution in [-0.4, -0.2) is 123 Å². The van der Waals surface area contributed by atoms with Crippen LogP contribution < -0.4 is 0 Å². The van der Waals surface area contributed by atoms with E-state index in [0.29, 0.717) is 62.5 Å². The van der Waals surface area contributed by atoms with Crippen LogP contribution in [0.3, 0.4) is 0 Å². The number of nitrogens with zero attached hydrogens (tertiary/aromatic N) is 1. The zero-order valence-corrected chi connectivity index (χ0v) is 34.0. The number of aliphatic hydroxyl groups excluding tert-OH is 4. The van der Waals surface area contributed by atoms with Crippen molar-refractivity contribution in [1.29, 1.82) is 0 Å². The molecular weight excluding hydrogens is 722 g/mol. The molecule has 316 valence electrons. The van der Waals surface area contributed by atoms with Gasteiger partial charge in [-0.25, -0.2) is 4.79 Å². The van der Waals surface area contributed by atoms with Crippen LogP contribution in [0, 0.1) is 35.5 Å². The summed E-state index contributed by atoms with van der Waals surface area (Å²) < 4.78 is 18.2. The first kappa shape index (κ1) is 45.9. The molecule has 0 aromatic rings. The summed E-state index contributed by atoms with van der Waals surface area (Å²) in [5, 5.41) is 53.9. The van der Waals surface area contributed by atoms with Crippen LogP contribution in [0.1, 0.15) is 105 Å². The normalized spacial score (nSPS) is 40.1. The number of hydrogen-bond donors (Lipinski definition) is 5. The molecule has 3 heterocycles. The van der Waals surface area contributed by atoms with Gasteiger partial charge >= 0.3 is 5.97 Å². The van der Waals surface area contributed by atoms with Crippen molar-refractivity contribution in [2.45, 2.75) is 147 Å². The molecule has 0 aromatic heterocycles. The summed E-state index contributed by atoms with van der Waals surface area (Å²) in [5.74, 6) is -7.49. The van der Waals surface area contributed by atoms with Gasteiger partial charge in [0.25, 0.3) is 11.7 Å². The number of aliphatic hydroxyl groups is 5. The van der Waals surface area contributed by atoms with Crippen molar-refractivity contribution in [3.63, 3.8) is 0 Å². The molecule has 3 unspecified atom stereocenters. The van der Waals surface area contributed by atoms with Gasteiger partial charge in [-0.1, -0.05) is 39.0 Å². The Labute approximate surface area is 332 Å². The second-order valence-electron chi connectivity index (χ2n) is 17.1. The van der Waals surface area contributed by atoms with E-state index in [1.165, 1.54) is 7.11 Å². The summed E-state index contributed by atoms with van der Waals surface area (Å²) >= 11 is 0. The van der Waals surface area contributed by atoms with Gasteiger partial charge in [-0.3, -0.25) is 14.4 Å². The first-order valence-corrected chi connectivity index (χ1v) is 20.7. The zero-order valence-electron chi connectivity index (χ0n) is 34.0. The Morgan fingerprint density at radius 3 is 2.36 bits per heavy atom. The highest BCUT2D eigenvalue weighted by atomic mass is 16.6. The fourth-order valence-corrected chi connectivity index (χ4v) is 9.34. The number of Topliss-reactive ketones (excluding diaryl/α,β-unsaturated/α-hetero) is 2. The number of cyclic esters (lactones) is 1. The number of amides is 1. The average molecular weight is 790 g/mol. The fourth-order valence-electron chi connectivity index (χ4n) is 9.34. The van der Waals surface area contributed by atoms with E-state index < -0.39 is 71.8 Å². The SMILES string of the molecule is C=CC/C1=C\C(C)C[C@H](C)C[C@H](OC)C2O[C@](O)(CC[C@@H]2CO)C(=O)C(=O)N2CCCCC2C(=O)O[C@H](C(C)=C[C@@H]2CC[C@@H](O)[C@H](CO)C2)[C@H](C)[C@@H](O)CC1=O. The smallest absolute Gasteiger partial charge is 0.329 e. The largest absolute Gasteiger partial charge is 0.456 e. The standard InChI is InChI=1S/C43H67NO12/c1-7-10-30-18-25(2)17-26(3)19-37(54-6)39-31(23-45)14-15-43(53,56-39)40(50)41(51)44-16-9-8-11-33(44)42(52)55-38(28(5)35(48)22-36(30)49)27(4)20-29-12-13-34(47)32(21-29)24-46/h7,18,20,25-26,28-29,31-35,37-39,45-48,53H,1,8-17,19,21-24H2,2-6H3/b27-20?,30-18+/t25?,26-,28+,29-,31+,32-,33?,34+,35-,37-,38+,39?,43+/m0/s1. The van der Waals surface area contributed by atoms with Gasteiger partial charge in [0, 0.05) is 57.5 Å². The van der Waals surface area contributed by atoms with Crippen molar-refractivity contribution in [3.05, 3.63) is 36.0 Å². The number of rotatable bonds is 7. The lowest BCUT2D eigenvalue weighted by Crippen LogP contribution is -2.60. The highest BCUT2D eigenvalue weighted by molar-refractivity contribution is 6.39. The Kier molecular flexibility index (Phi) is 17.0. The van der Waals surface area contributed by atoms with Crippen LogP contribution in [0.25, 0.3) is 0 Å². The Hall–Kier alpha value is -2.78. The molecule has 5 N–H and O–H groups in total. The van der Waals surface area contributed by atoms with Gasteiger partial charge in [-0.2, -0.15) is 0 Å². The Morgan fingerprint density at radius 2 is 1.70 bits per heavy atom. The Bertz CT molecular complexity index is 1450. The molecule has 2 saturated heterocycles. The molecule has 0 radical (unpaired) electrons. The van der Waals surface area contributed by atoms with Crippen LogP contribution in [-0.2, 0) is 33.4 Å². The van der Waals surface area contributed by atoms with Crippen molar-refractivity contribution in [3.8, 4) is 0 Å². The third-order valence-electron chi connectivity index (χ3n) is 12.6. The molecule has 3 aliphatic heterocycles. The molecule has 2 bridgehead atoms. The number of fused-ring (bicyclic) bond motifs is 3. The highest BCUT2D eigenvalue weighted by Gasteiger charge is 2.52. The van der Waals surface area contributed by atoms with Crippen molar-refractivity contribution in [2.75, 3.05) is 26.9 Å². The molecule has 56 heavy (non-hydrogen) atoms. The molecule has 1 saturated carbocycles. The lowest BCUT2D eigenvalue weighted by Gasteiger charge is -2.44. The maximum atomic E-state index is 14.2. The molecule has 4 aliphatic rings. The van der Waals surface area contributed by atoms with Crippen molar-refractivity contribution in [1.82, 2.24) is 4.90 Å². The van der Waals surface area contributed by atoms with Gasteiger partial charge in [0.15, 0.2) is 5.78 Å². The number of hydrogen-bond acceptors (Lipinski definition) is 12. The van der Waals surface area contributed by atoms with Crippen molar-refractivity contribution in [2.24, 2.45) is 35.5 Å². The third-order valence-corrected chi connectivity index (χ3v) is 12.6. The van der Waals surface area contributed by atoms with Crippen LogP contribution in [0.2, 0.25) is 0 Å². The molecule has 0 aromatic carbocycles. The van der Waals surface area contributed by atoms with E-state index in [9.17, 15) is 44.7 Å². The molecule has 4 rings (SSSR count). The number of piperidine rings is 1. The number of carbonyl (C=O) groups excluding carboxylic acids is 4. The monoisotopic (exact) mass is 789 g/mol. The molecule has 13 nitrogen and oxygen atoms in total. The Balaban J connectivity index is 1.76. The second-order valence-corrected chi connectivity index (χ2v) is 17.1. The lowest BCUT2D eigenvalue weighted by molar-refractivity contribution is -0.274. The topological polar surface area (TPSA) is 200 Å². The van der Waals surface area contributed by atoms with Crippen molar-refractivity contribution >= 4 is 23.4 Å². The molecular formula is C43H67NO12.